The van der Waals surface area contributed by atoms with Crippen LogP contribution in [-0.4, -0.2) is 32.7 Å². The van der Waals surface area contributed by atoms with Gasteiger partial charge in [0.1, 0.15) is 11.8 Å². The highest BCUT2D eigenvalue weighted by Gasteiger charge is 2.31. The Labute approximate surface area is 177 Å². The summed E-state index contributed by atoms with van der Waals surface area (Å²) in [5, 5.41) is 3.23. The van der Waals surface area contributed by atoms with E-state index in [1.165, 1.54) is 0 Å². The van der Waals surface area contributed by atoms with Crippen LogP contribution in [0.3, 0.4) is 0 Å². The normalized spacial score (nSPS) is 12.5. The summed E-state index contributed by atoms with van der Waals surface area (Å²) in [7, 11) is -3.73. The highest BCUT2D eigenvalue weighted by molar-refractivity contribution is 7.92. The van der Waals surface area contributed by atoms with Gasteiger partial charge in [-0.25, -0.2) is 8.42 Å². The van der Waals surface area contributed by atoms with E-state index in [-0.39, 0.29) is 12.5 Å². The lowest BCUT2D eigenvalue weighted by Crippen LogP contribution is -2.47. The number of amides is 1. The molecule has 2 aromatic carbocycles. The molecular formula is C21H27ClN2O4S. The molecule has 158 valence electrons. The first-order valence-electron chi connectivity index (χ1n) is 9.36. The van der Waals surface area contributed by atoms with Gasteiger partial charge in [0.2, 0.25) is 15.9 Å². The molecule has 0 aliphatic carbocycles. The van der Waals surface area contributed by atoms with Crippen molar-refractivity contribution in [3.05, 3.63) is 53.1 Å². The Morgan fingerprint density at radius 2 is 1.90 bits per heavy atom. The fourth-order valence-corrected chi connectivity index (χ4v) is 4.30. The molecule has 6 nitrogen and oxygen atoms in total. The number of sulfonamides is 1. The fraction of sp³-hybridized carbons (Fsp3) is 0.381. The van der Waals surface area contributed by atoms with Crippen LogP contribution in [0.4, 0.5) is 11.4 Å². The number of hydrogen-bond donors (Lipinski definition) is 1. The minimum absolute atomic E-state index is 0.00338. The van der Waals surface area contributed by atoms with Crippen molar-refractivity contribution in [1.82, 2.24) is 0 Å². The number of nitrogens with one attached hydrogen (secondary N) is 1. The van der Waals surface area contributed by atoms with Crippen molar-refractivity contribution in [3.8, 4) is 5.75 Å². The number of anilines is 2. The maximum absolute atomic E-state index is 13.0. The van der Waals surface area contributed by atoms with Crippen LogP contribution in [0.2, 0.25) is 5.02 Å². The molecule has 0 aliphatic rings. The van der Waals surface area contributed by atoms with E-state index in [4.69, 9.17) is 16.3 Å². The largest absolute Gasteiger partial charge is 0.491 e. The van der Waals surface area contributed by atoms with Crippen molar-refractivity contribution in [1.29, 1.82) is 0 Å². The van der Waals surface area contributed by atoms with E-state index in [9.17, 15) is 13.2 Å². The summed E-state index contributed by atoms with van der Waals surface area (Å²) in [4.78, 5) is 13.0. The average Bonchev–Trinajstić information content (AvgIpc) is 2.60. The number of nitrogens with zero attached hydrogens (tertiary/aromatic N) is 1. The molecule has 8 heteroatoms. The number of rotatable bonds is 8. The van der Waals surface area contributed by atoms with Gasteiger partial charge in [-0.1, -0.05) is 30.7 Å². The Kier molecular flexibility index (Phi) is 7.54. The Hall–Kier alpha value is -2.25. The lowest BCUT2D eigenvalue weighted by Gasteiger charge is -2.30. The molecule has 0 aromatic heterocycles. The van der Waals surface area contributed by atoms with Gasteiger partial charge < -0.3 is 10.1 Å². The number of carbonyl (C=O) groups is 1. The molecule has 0 unspecified atom stereocenters. The SMILES string of the molecule is CC[C@@H](C(=O)Nc1cccc(OC(C)C)c1)N(c1ccc(C)c(Cl)c1)S(C)(=O)=O. The highest BCUT2D eigenvalue weighted by atomic mass is 35.5. The van der Waals surface area contributed by atoms with Crippen molar-refractivity contribution in [3.63, 3.8) is 0 Å². The van der Waals surface area contributed by atoms with Crippen LogP contribution in [0.15, 0.2) is 42.5 Å². The van der Waals surface area contributed by atoms with Crippen LogP contribution < -0.4 is 14.4 Å². The smallest absolute Gasteiger partial charge is 0.248 e. The number of carbonyl (C=O) groups excluding carboxylic acids is 1. The molecule has 0 saturated carbocycles. The van der Waals surface area contributed by atoms with Crippen LogP contribution in [0.5, 0.6) is 5.75 Å². The second-order valence-electron chi connectivity index (χ2n) is 7.10. The molecule has 1 amide bonds. The maximum Gasteiger partial charge on any atom is 0.248 e. The van der Waals surface area contributed by atoms with Crippen molar-refractivity contribution in [2.45, 2.75) is 46.3 Å². The monoisotopic (exact) mass is 438 g/mol. The van der Waals surface area contributed by atoms with E-state index in [2.05, 4.69) is 5.32 Å². The number of aryl methyl sites for hydroxylation is 1. The fourth-order valence-electron chi connectivity index (χ4n) is 2.92. The van der Waals surface area contributed by atoms with Crippen LogP contribution in [0.1, 0.15) is 32.8 Å². The summed E-state index contributed by atoms with van der Waals surface area (Å²) in [6.07, 6.45) is 1.36. The molecule has 0 radical (unpaired) electrons. The standard InChI is InChI=1S/C21H27ClN2O4S/c1-6-20(21(25)23-16-8-7-9-18(12-16)28-14(2)3)24(29(5,26)27)17-11-10-15(4)19(22)13-17/h7-14,20H,6H2,1-5H3,(H,23,25)/t20-/m0/s1. The van der Waals surface area contributed by atoms with Gasteiger partial charge in [0.25, 0.3) is 0 Å². The third kappa shape index (κ3) is 6.11. The third-order valence-electron chi connectivity index (χ3n) is 4.21. The Morgan fingerprint density at radius 1 is 1.21 bits per heavy atom. The van der Waals surface area contributed by atoms with E-state index < -0.39 is 22.0 Å². The van der Waals surface area contributed by atoms with E-state index in [1.807, 2.05) is 20.8 Å². The van der Waals surface area contributed by atoms with E-state index >= 15 is 0 Å². The van der Waals surface area contributed by atoms with Crippen LogP contribution in [-0.2, 0) is 14.8 Å². The van der Waals surface area contributed by atoms with Gasteiger partial charge in [-0.05, 0) is 57.0 Å². The second-order valence-corrected chi connectivity index (χ2v) is 9.37. The molecule has 0 spiro atoms. The summed E-state index contributed by atoms with van der Waals surface area (Å²) in [6, 6.07) is 11.0. The van der Waals surface area contributed by atoms with Crippen molar-refractivity contribution < 1.29 is 17.9 Å². The van der Waals surface area contributed by atoms with Crippen LogP contribution in [0, 0.1) is 6.92 Å². The first-order chi connectivity index (χ1) is 13.5. The van der Waals surface area contributed by atoms with Crippen molar-refractivity contribution in [2.24, 2.45) is 0 Å². The van der Waals surface area contributed by atoms with Gasteiger partial charge >= 0.3 is 0 Å². The molecule has 2 aromatic rings. The molecule has 0 fully saturated rings. The lowest BCUT2D eigenvalue weighted by molar-refractivity contribution is -0.117. The van der Waals surface area contributed by atoms with Crippen LogP contribution >= 0.6 is 11.6 Å². The minimum atomic E-state index is -3.73. The summed E-state index contributed by atoms with van der Waals surface area (Å²) >= 11 is 6.19. The van der Waals surface area contributed by atoms with Crippen molar-refractivity contribution >= 4 is 38.9 Å². The van der Waals surface area contributed by atoms with Crippen molar-refractivity contribution in [2.75, 3.05) is 15.9 Å². The summed E-state index contributed by atoms with van der Waals surface area (Å²) in [6.45, 7) is 7.41. The minimum Gasteiger partial charge on any atom is -0.491 e. The highest BCUT2D eigenvalue weighted by Crippen LogP contribution is 2.28. The molecule has 0 heterocycles. The quantitative estimate of drug-likeness (QED) is 0.652. The number of benzene rings is 2. The Bertz CT molecular complexity index is 976. The van der Waals surface area contributed by atoms with Gasteiger partial charge in [-0.2, -0.15) is 0 Å². The van der Waals surface area contributed by atoms with Gasteiger partial charge in [-0.15, -0.1) is 0 Å². The number of ether oxygens (including phenoxy) is 1. The van der Waals surface area contributed by atoms with E-state index in [1.54, 1.807) is 49.4 Å². The Morgan fingerprint density at radius 3 is 2.45 bits per heavy atom. The zero-order chi connectivity index (χ0) is 21.8. The second kappa shape index (κ2) is 9.50. The summed E-state index contributed by atoms with van der Waals surface area (Å²) < 4.78 is 31.8. The van der Waals surface area contributed by atoms with E-state index in [0.29, 0.717) is 22.1 Å². The predicted molar refractivity (Wildman–Crippen MR) is 118 cm³/mol. The molecule has 29 heavy (non-hydrogen) atoms. The third-order valence-corrected chi connectivity index (χ3v) is 5.80. The summed E-state index contributed by atoms with van der Waals surface area (Å²) in [5.74, 6) is 0.187. The molecule has 0 aliphatic heterocycles. The molecule has 1 atom stereocenters. The molecule has 1 N–H and O–H groups in total. The van der Waals surface area contributed by atoms with Gasteiger partial charge in [0.15, 0.2) is 0 Å². The molecule has 0 bridgehead atoms. The zero-order valence-electron chi connectivity index (χ0n) is 17.3. The van der Waals surface area contributed by atoms with Gasteiger partial charge in [0.05, 0.1) is 18.0 Å². The topological polar surface area (TPSA) is 75.7 Å². The summed E-state index contributed by atoms with van der Waals surface area (Å²) in [5.41, 5.74) is 1.70. The lowest BCUT2D eigenvalue weighted by atomic mass is 10.1. The average molecular weight is 439 g/mol. The first-order valence-corrected chi connectivity index (χ1v) is 11.6. The Balaban J connectivity index is 2.35. The molecule has 2 rings (SSSR count). The van der Waals surface area contributed by atoms with Gasteiger partial charge in [-0.3, -0.25) is 9.10 Å². The number of hydrogen-bond acceptors (Lipinski definition) is 4. The number of halogens is 1. The van der Waals surface area contributed by atoms with E-state index in [0.717, 1.165) is 16.1 Å². The predicted octanol–water partition coefficient (Wildman–Crippen LogP) is 4.62. The van der Waals surface area contributed by atoms with Crippen LogP contribution in [0.25, 0.3) is 0 Å². The zero-order valence-corrected chi connectivity index (χ0v) is 18.8. The molecule has 0 saturated heterocycles. The maximum atomic E-state index is 13.0. The molecular weight excluding hydrogens is 412 g/mol. The van der Waals surface area contributed by atoms with Gasteiger partial charge in [0, 0.05) is 16.8 Å². The first kappa shape index (κ1) is 23.0.